The highest BCUT2D eigenvalue weighted by Gasteiger charge is 2.01. The molecule has 0 spiro atoms. The molecule has 0 aromatic heterocycles. The van der Waals surface area contributed by atoms with Crippen LogP contribution in [0.1, 0.15) is 19.8 Å². The number of unbranched alkanes of at least 4 members (excludes halogenated alkanes) is 1. The number of methoxy groups -OCH3 is 1. The fourth-order valence-electron chi connectivity index (χ4n) is 1.57. The zero-order chi connectivity index (χ0) is 14.6. The molecule has 5 heteroatoms. The lowest BCUT2D eigenvalue weighted by atomic mass is 10.3. The molecule has 20 heavy (non-hydrogen) atoms. The Kier molecular flexibility index (Phi) is 8.42. The van der Waals surface area contributed by atoms with Crippen molar-refractivity contribution < 1.29 is 14.3 Å². The zero-order valence-corrected chi connectivity index (χ0v) is 12.3. The zero-order valence-electron chi connectivity index (χ0n) is 12.3. The number of hydrogen-bond acceptors (Lipinski definition) is 4. The molecular formula is C15H24N2O3. The lowest BCUT2D eigenvalue weighted by Gasteiger charge is -2.08. The Hall–Kier alpha value is -1.59. The van der Waals surface area contributed by atoms with E-state index in [-0.39, 0.29) is 12.5 Å². The van der Waals surface area contributed by atoms with Gasteiger partial charge >= 0.3 is 0 Å². The molecule has 0 aliphatic rings. The van der Waals surface area contributed by atoms with Crippen molar-refractivity contribution in [2.45, 2.75) is 19.8 Å². The van der Waals surface area contributed by atoms with E-state index in [0.29, 0.717) is 13.2 Å². The summed E-state index contributed by atoms with van der Waals surface area (Å²) in [6.45, 7) is 4.51. The van der Waals surface area contributed by atoms with Gasteiger partial charge in [-0.3, -0.25) is 4.79 Å². The van der Waals surface area contributed by atoms with Crippen LogP contribution < -0.4 is 15.4 Å². The van der Waals surface area contributed by atoms with Gasteiger partial charge in [0.15, 0.2) is 0 Å². The second-order valence-electron chi connectivity index (χ2n) is 4.42. The molecule has 1 aromatic rings. The second-order valence-corrected chi connectivity index (χ2v) is 4.42. The molecule has 0 saturated carbocycles. The molecule has 2 N–H and O–H groups in total. The largest absolute Gasteiger partial charge is 0.497 e. The van der Waals surface area contributed by atoms with Gasteiger partial charge in [-0.1, -0.05) is 13.3 Å². The quantitative estimate of drug-likeness (QED) is 0.644. The Labute approximate surface area is 120 Å². The second kappa shape index (κ2) is 10.2. The van der Waals surface area contributed by atoms with Crippen LogP contribution >= 0.6 is 0 Å². The lowest BCUT2D eigenvalue weighted by molar-refractivity contribution is -0.115. The van der Waals surface area contributed by atoms with Crippen LogP contribution in [0.2, 0.25) is 0 Å². The molecule has 0 radical (unpaired) electrons. The smallest absolute Gasteiger partial charge is 0.238 e. The summed E-state index contributed by atoms with van der Waals surface area (Å²) in [6.07, 6.45) is 2.22. The van der Waals surface area contributed by atoms with E-state index in [9.17, 15) is 4.79 Å². The van der Waals surface area contributed by atoms with Crippen LogP contribution in [-0.4, -0.2) is 39.3 Å². The number of carbonyl (C=O) groups is 1. The van der Waals surface area contributed by atoms with Gasteiger partial charge in [0.05, 0.1) is 20.3 Å². The number of hydrogen-bond donors (Lipinski definition) is 2. The summed E-state index contributed by atoms with van der Waals surface area (Å²) in [5, 5.41) is 5.85. The van der Waals surface area contributed by atoms with Gasteiger partial charge in [0.2, 0.25) is 5.91 Å². The SMILES string of the molecule is CCCCOCCNCC(=O)Nc1ccc(OC)cc1. The fraction of sp³-hybridized carbons (Fsp3) is 0.533. The van der Waals surface area contributed by atoms with Gasteiger partial charge in [-0.2, -0.15) is 0 Å². The molecule has 0 unspecified atom stereocenters. The van der Waals surface area contributed by atoms with Crippen LogP contribution in [0.4, 0.5) is 5.69 Å². The third kappa shape index (κ3) is 7.11. The molecule has 5 nitrogen and oxygen atoms in total. The van der Waals surface area contributed by atoms with Crippen molar-refractivity contribution in [1.82, 2.24) is 5.32 Å². The van der Waals surface area contributed by atoms with Crippen molar-refractivity contribution in [2.24, 2.45) is 0 Å². The van der Waals surface area contributed by atoms with Gasteiger partial charge in [0.25, 0.3) is 0 Å². The minimum absolute atomic E-state index is 0.0660. The van der Waals surface area contributed by atoms with E-state index >= 15 is 0 Å². The van der Waals surface area contributed by atoms with Gasteiger partial charge in [0, 0.05) is 18.8 Å². The molecule has 1 rings (SSSR count). The third-order valence-electron chi connectivity index (χ3n) is 2.72. The summed E-state index contributed by atoms with van der Waals surface area (Å²) in [4.78, 5) is 11.7. The molecule has 0 bridgehead atoms. The van der Waals surface area contributed by atoms with Crippen LogP contribution in [0.25, 0.3) is 0 Å². The molecule has 0 atom stereocenters. The lowest BCUT2D eigenvalue weighted by Crippen LogP contribution is -2.30. The average Bonchev–Trinajstić information content (AvgIpc) is 2.47. The van der Waals surface area contributed by atoms with Crippen molar-refractivity contribution in [3.63, 3.8) is 0 Å². The highest BCUT2D eigenvalue weighted by atomic mass is 16.5. The highest BCUT2D eigenvalue weighted by Crippen LogP contribution is 2.14. The fourth-order valence-corrected chi connectivity index (χ4v) is 1.57. The van der Waals surface area contributed by atoms with Crippen LogP contribution in [-0.2, 0) is 9.53 Å². The summed E-state index contributed by atoms with van der Waals surface area (Å²) in [6, 6.07) is 7.24. The maximum absolute atomic E-state index is 11.7. The number of nitrogens with one attached hydrogen (secondary N) is 2. The van der Waals surface area contributed by atoms with Gasteiger partial charge in [-0.05, 0) is 30.7 Å². The Balaban J connectivity index is 2.10. The Morgan fingerprint density at radius 3 is 2.60 bits per heavy atom. The first kappa shape index (κ1) is 16.5. The number of anilines is 1. The van der Waals surface area contributed by atoms with Crippen molar-refractivity contribution in [1.29, 1.82) is 0 Å². The van der Waals surface area contributed by atoms with Crippen LogP contribution in [0.5, 0.6) is 5.75 Å². The summed E-state index contributed by atoms with van der Waals surface area (Å²) in [7, 11) is 1.61. The number of carbonyl (C=O) groups excluding carboxylic acids is 1. The first-order valence-corrected chi connectivity index (χ1v) is 6.98. The number of benzene rings is 1. The maximum atomic E-state index is 11.7. The van der Waals surface area contributed by atoms with Gasteiger partial charge < -0.3 is 20.1 Å². The monoisotopic (exact) mass is 280 g/mol. The third-order valence-corrected chi connectivity index (χ3v) is 2.72. The highest BCUT2D eigenvalue weighted by molar-refractivity contribution is 5.92. The number of ether oxygens (including phenoxy) is 2. The van der Waals surface area contributed by atoms with Gasteiger partial charge in [0.1, 0.15) is 5.75 Å². The van der Waals surface area contributed by atoms with E-state index in [2.05, 4.69) is 17.6 Å². The van der Waals surface area contributed by atoms with Crippen LogP contribution in [0.15, 0.2) is 24.3 Å². The minimum Gasteiger partial charge on any atom is -0.497 e. The minimum atomic E-state index is -0.0660. The van der Waals surface area contributed by atoms with E-state index < -0.39 is 0 Å². The topological polar surface area (TPSA) is 59.6 Å². The molecule has 0 fully saturated rings. The summed E-state index contributed by atoms with van der Waals surface area (Å²) < 4.78 is 10.4. The Morgan fingerprint density at radius 1 is 1.20 bits per heavy atom. The van der Waals surface area contributed by atoms with E-state index in [1.165, 1.54) is 0 Å². The summed E-state index contributed by atoms with van der Waals surface area (Å²) in [5.74, 6) is 0.703. The normalized spacial score (nSPS) is 10.3. The van der Waals surface area contributed by atoms with Gasteiger partial charge in [-0.25, -0.2) is 0 Å². The first-order chi connectivity index (χ1) is 9.76. The molecule has 0 aliphatic heterocycles. The molecule has 112 valence electrons. The van der Waals surface area contributed by atoms with Crippen molar-refractivity contribution >= 4 is 11.6 Å². The molecule has 0 heterocycles. The number of rotatable bonds is 10. The van der Waals surface area contributed by atoms with E-state index in [0.717, 1.165) is 30.9 Å². The molecule has 0 saturated heterocycles. The first-order valence-electron chi connectivity index (χ1n) is 6.98. The molecule has 1 aromatic carbocycles. The Bertz CT molecular complexity index is 379. The number of amides is 1. The van der Waals surface area contributed by atoms with Crippen LogP contribution in [0, 0.1) is 0 Å². The summed E-state index contributed by atoms with van der Waals surface area (Å²) >= 11 is 0. The summed E-state index contributed by atoms with van der Waals surface area (Å²) in [5.41, 5.74) is 0.761. The van der Waals surface area contributed by atoms with Crippen LogP contribution in [0.3, 0.4) is 0 Å². The Morgan fingerprint density at radius 2 is 1.95 bits per heavy atom. The van der Waals surface area contributed by atoms with Crippen molar-refractivity contribution in [3.05, 3.63) is 24.3 Å². The van der Waals surface area contributed by atoms with Crippen molar-refractivity contribution in [3.8, 4) is 5.75 Å². The predicted octanol–water partition coefficient (Wildman–Crippen LogP) is 2.04. The standard InChI is InChI=1S/C15H24N2O3/c1-3-4-10-20-11-9-16-12-15(18)17-13-5-7-14(19-2)8-6-13/h5-8,16H,3-4,9-12H2,1-2H3,(H,17,18). The predicted molar refractivity (Wildman–Crippen MR) is 80.2 cm³/mol. The molecule has 1 amide bonds. The van der Waals surface area contributed by atoms with E-state index in [4.69, 9.17) is 9.47 Å². The average molecular weight is 280 g/mol. The molecular weight excluding hydrogens is 256 g/mol. The van der Waals surface area contributed by atoms with E-state index in [1.807, 2.05) is 24.3 Å². The van der Waals surface area contributed by atoms with E-state index in [1.54, 1.807) is 7.11 Å². The van der Waals surface area contributed by atoms with Gasteiger partial charge in [-0.15, -0.1) is 0 Å². The van der Waals surface area contributed by atoms with Crippen molar-refractivity contribution in [2.75, 3.05) is 38.7 Å². The maximum Gasteiger partial charge on any atom is 0.238 e. The molecule has 0 aliphatic carbocycles.